The predicted molar refractivity (Wildman–Crippen MR) is 85.3 cm³/mol. The Bertz CT molecular complexity index is 607. The topological polar surface area (TPSA) is 37.8 Å². The molecule has 0 bridgehead atoms. The maximum Gasteiger partial charge on any atom is 0.162 e. The average molecular weight is 269 g/mol. The third-order valence-corrected chi connectivity index (χ3v) is 3.49. The Kier molecular flexibility index (Phi) is 4.07. The summed E-state index contributed by atoms with van der Waals surface area (Å²) in [6, 6.07) is 6.40. The highest BCUT2D eigenvalue weighted by Crippen LogP contribution is 2.28. The van der Waals surface area contributed by atoms with Crippen LogP contribution in [0.25, 0.3) is 11.4 Å². The molecule has 0 atom stereocenters. The third kappa shape index (κ3) is 2.82. The highest BCUT2D eigenvalue weighted by atomic mass is 15.0. The van der Waals surface area contributed by atoms with Crippen molar-refractivity contribution < 1.29 is 0 Å². The molecule has 0 spiro atoms. The normalized spacial score (nSPS) is 10.9. The third-order valence-electron chi connectivity index (χ3n) is 3.49. The lowest BCUT2D eigenvalue weighted by Crippen LogP contribution is -2.04. The van der Waals surface area contributed by atoms with E-state index in [4.69, 9.17) is 4.98 Å². The SMILES string of the molecule is CNc1cc(C(C)C)nc(-c2c(C)cc(C)cc2C)n1. The van der Waals surface area contributed by atoms with Crippen molar-refractivity contribution in [1.82, 2.24) is 9.97 Å². The van der Waals surface area contributed by atoms with Gasteiger partial charge in [-0.1, -0.05) is 31.5 Å². The van der Waals surface area contributed by atoms with Crippen LogP contribution in [-0.2, 0) is 0 Å². The zero-order valence-corrected chi connectivity index (χ0v) is 13.2. The van der Waals surface area contributed by atoms with Crippen LogP contribution in [0.5, 0.6) is 0 Å². The molecule has 106 valence electrons. The minimum Gasteiger partial charge on any atom is -0.373 e. The summed E-state index contributed by atoms with van der Waals surface area (Å²) in [4.78, 5) is 9.38. The number of anilines is 1. The summed E-state index contributed by atoms with van der Waals surface area (Å²) in [7, 11) is 1.89. The van der Waals surface area contributed by atoms with Crippen molar-refractivity contribution in [2.24, 2.45) is 0 Å². The number of nitrogens with one attached hydrogen (secondary N) is 1. The molecule has 3 heteroatoms. The Balaban J connectivity index is 2.66. The number of hydrogen-bond donors (Lipinski definition) is 1. The zero-order chi connectivity index (χ0) is 14.9. The minimum absolute atomic E-state index is 0.384. The molecule has 0 unspecified atom stereocenters. The Morgan fingerprint density at radius 2 is 1.55 bits per heavy atom. The van der Waals surface area contributed by atoms with Crippen LogP contribution in [0.1, 0.15) is 42.1 Å². The molecule has 0 radical (unpaired) electrons. The minimum atomic E-state index is 0.384. The molecule has 2 aromatic rings. The summed E-state index contributed by atoms with van der Waals surface area (Å²) in [6.07, 6.45) is 0. The molecule has 1 N–H and O–H groups in total. The molecule has 0 aliphatic carbocycles. The summed E-state index contributed by atoms with van der Waals surface area (Å²) in [5, 5.41) is 3.13. The van der Waals surface area contributed by atoms with Gasteiger partial charge in [0.15, 0.2) is 5.82 Å². The summed E-state index contributed by atoms with van der Waals surface area (Å²) in [5.74, 6) is 2.07. The molecular weight excluding hydrogens is 246 g/mol. The van der Waals surface area contributed by atoms with Crippen LogP contribution in [0.4, 0.5) is 5.82 Å². The van der Waals surface area contributed by atoms with Crippen LogP contribution < -0.4 is 5.32 Å². The Morgan fingerprint density at radius 1 is 0.950 bits per heavy atom. The fourth-order valence-corrected chi connectivity index (χ4v) is 2.53. The number of aryl methyl sites for hydroxylation is 3. The lowest BCUT2D eigenvalue weighted by molar-refractivity contribution is 0.817. The van der Waals surface area contributed by atoms with Crippen LogP contribution >= 0.6 is 0 Å². The van der Waals surface area contributed by atoms with Gasteiger partial charge in [0.05, 0.1) is 0 Å². The fourth-order valence-electron chi connectivity index (χ4n) is 2.53. The molecule has 3 nitrogen and oxygen atoms in total. The Labute approximate surface area is 121 Å². The quantitative estimate of drug-likeness (QED) is 0.906. The van der Waals surface area contributed by atoms with E-state index in [1.54, 1.807) is 0 Å². The largest absolute Gasteiger partial charge is 0.373 e. The number of rotatable bonds is 3. The van der Waals surface area contributed by atoms with E-state index in [1.807, 2.05) is 13.1 Å². The molecule has 0 aliphatic rings. The lowest BCUT2D eigenvalue weighted by Gasteiger charge is -2.14. The van der Waals surface area contributed by atoms with E-state index in [0.717, 1.165) is 22.9 Å². The first-order valence-corrected chi connectivity index (χ1v) is 7.07. The van der Waals surface area contributed by atoms with Gasteiger partial charge in [-0.05, 0) is 37.8 Å². The average Bonchev–Trinajstić information content (AvgIpc) is 2.37. The van der Waals surface area contributed by atoms with Crippen LogP contribution in [-0.4, -0.2) is 17.0 Å². The molecule has 20 heavy (non-hydrogen) atoms. The van der Waals surface area contributed by atoms with Crippen molar-refractivity contribution in [3.63, 3.8) is 0 Å². The van der Waals surface area contributed by atoms with Gasteiger partial charge in [-0.3, -0.25) is 0 Å². The van der Waals surface area contributed by atoms with Crippen molar-refractivity contribution in [2.75, 3.05) is 12.4 Å². The van der Waals surface area contributed by atoms with Gasteiger partial charge in [-0.15, -0.1) is 0 Å². The van der Waals surface area contributed by atoms with E-state index in [-0.39, 0.29) is 0 Å². The van der Waals surface area contributed by atoms with Crippen molar-refractivity contribution in [2.45, 2.75) is 40.5 Å². The standard InChI is InChI=1S/C17H23N3/c1-10(2)14-9-15(18-6)20-17(19-14)16-12(4)7-11(3)8-13(16)5/h7-10H,1-6H3,(H,18,19,20). The number of aromatic nitrogens is 2. The predicted octanol–water partition coefficient (Wildman–Crippen LogP) is 4.23. The maximum absolute atomic E-state index is 4.75. The Morgan fingerprint density at radius 3 is 2.05 bits per heavy atom. The summed E-state index contributed by atoms with van der Waals surface area (Å²) in [5.41, 5.74) is 5.95. The van der Waals surface area contributed by atoms with Gasteiger partial charge < -0.3 is 5.32 Å². The molecule has 2 rings (SSSR count). The molecule has 1 heterocycles. The van der Waals surface area contributed by atoms with Gasteiger partial charge in [-0.25, -0.2) is 9.97 Å². The van der Waals surface area contributed by atoms with Crippen molar-refractivity contribution in [1.29, 1.82) is 0 Å². The van der Waals surface area contributed by atoms with Gasteiger partial charge in [0.25, 0.3) is 0 Å². The first-order chi connectivity index (χ1) is 9.42. The number of hydrogen-bond acceptors (Lipinski definition) is 3. The number of benzene rings is 1. The van der Waals surface area contributed by atoms with Gasteiger partial charge >= 0.3 is 0 Å². The molecule has 0 amide bonds. The van der Waals surface area contributed by atoms with Crippen molar-refractivity contribution in [3.05, 3.63) is 40.6 Å². The molecule has 1 aromatic carbocycles. The van der Waals surface area contributed by atoms with E-state index >= 15 is 0 Å². The zero-order valence-electron chi connectivity index (χ0n) is 13.2. The van der Waals surface area contributed by atoms with Crippen LogP contribution in [0.2, 0.25) is 0 Å². The molecule has 0 aliphatic heterocycles. The second kappa shape index (κ2) is 5.61. The highest BCUT2D eigenvalue weighted by Gasteiger charge is 2.13. The molecule has 0 saturated carbocycles. The van der Waals surface area contributed by atoms with E-state index in [2.05, 4.69) is 57.1 Å². The van der Waals surface area contributed by atoms with Gasteiger partial charge in [0.1, 0.15) is 5.82 Å². The van der Waals surface area contributed by atoms with Gasteiger partial charge in [0.2, 0.25) is 0 Å². The van der Waals surface area contributed by atoms with Gasteiger partial charge in [0, 0.05) is 24.4 Å². The van der Waals surface area contributed by atoms with Crippen molar-refractivity contribution in [3.8, 4) is 11.4 Å². The van der Waals surface area contributed by atoms with E-state index < -0.39 is 0 Å². The second-order valence-electron chi connectivity index (χ2n) is 5.68. The van der Waals surface area contributed by atoms with Gasteiger partial charge in [-0.2, -0.15) is 0 Å². The molecule has 1 aromatic heterocycles. The summed E-state index contributed by atoms with van der Waals surface area (Å²) < 4.78 is 0. The summed E-state index contributed by atoms with van der Waals surface area (Å²) >= 11 is 0. The van der Waals surface area contributed by atoms with E-state index in [9.17, 15) is 0 Å². The lowest BCUT2D eigenvalue weighted by atomic mass is 9.99. The molecular formula is C17H23N3. The maximum atomic E-state index is 4.75. The Hall–Kier alpha value is -1.90. The molecule has 0 fully saturated rings. The van der Waals surface area contributed by atoms with Crippen LogP contribution in [0.3, 0.4) is 0 Å². The van der Waals surface area contributed by atoms with E-state index in [1.165, 1.54) is 16.7 Å². The smallest absolute Gasteiger partial charge is 0.162 e. The van der Waals surface area contributed by atoms with E-state index in [0.29, 0.717) is 5.92 Å². The fraction of sp³-hybridized carbons (Fsp3) is 0.412. The second-order valence-corrected chi connectivity index (χ2v) is 5.68. The summed E-state index contributed by atoms with van der Waals surface area (Å²) in [6.45, 7) is 10.7. The molecule has 0 saturated heterocycles. The monoisotopic (exact) mass is 269 g/mol. The van der Waals surface area contributed by atoms with Crippen LogP contribution in [0.15, 0.2) is 18.2 Å². The van der Waals surface area contributed by atoms with Crippen molar-refractivity contribution >= 4 is 5.82 Å². The number of nitrogens with zero attached hydrogens (tertiary/aromatic N) is 2. The first-order valence-electron chi connectivity index (χ1n) is 7.07. The van der Waals surface area contributed by atoms with Crippen LogP contribution in [0, 0.1) is 20.8 Å². The first kappa shape index (κ1) is 14.5. The highest BCUT2D eigenvalue weighted by molar-refractivity contribution is 5.66.